The molecule has 0 aliphatic heterocycles. The first kappa shape index (κ1) is 7.28. The lowest BCUT2D eigenvalue weighted by molar-refractivity contribution is -0.116. The van der Waals surface area contributed by atoms with Gasteiger partial charge < -0.3 is 10.8 Å². The first-order chi connectivity index (χ1) is 4.75. The van der Waals surface area contributed by atoms with Gasteiger partial charge in [-0.3, -0.25) is 4.79 Å². The Morgan fingerprint density at radius 2 is 2.40 bits per heavy atom. The fraction of sp³-hybridized carbons (Fsp3) is 0.571. The zero-order valence-corrected chi connectivity index (χ0v) is 5.71. The van der Waals surface area contributed by atoms with Gasteiger partial charge in [-0.1, -0.05) is 0 Å². The third-order valence-corrected chi connectivity index (χ3v) is 1.78. The summed E-state index contributed by atoms with van der Waals surface area (Å²) in [6, 6.07) is -0.244. The molecule has 0 aromatic rings. The number of carbonyl (C=O) groups is 1. The summed E-state index contributed by atoms with van der Waals surface area (Å²) in [4.78, 5) is 10.9. The van der Waals surface area contributed by atoms with E-state index in [-0.39, 0.29) is 11.8 Å². The molecule has 3 nitrogen and oxygen atoms in total. The van der Waals surface area contributed by atoms with Gasteiger partial charge in [0, 0.05) is 18.0 Å². The van der Waals surface area contributed by atoms with Crippen LogP contribution in [0.2, 0.25) is 0 Å². The Labute approximate surface area is 59.5 Å². The molecule has 3 heteroatoms. The molecule has 1 atom stereocenters. The molecule has 1 saturated carbocycles. The smallest absolute Gasteiger partial charge is 0.163 e. The molecular formula is C7H11NO2. The van der Waals surface area contributed by atoms with E-state index in [1.165, 1.54) is 0 Å². The Hall–Kier alpha value is -0.830. The summed E-state index contributed by atoms with van der Waals surface area (Å²) in [7, 11) is 0. The highest BCUT2D eigenvalue weighted by Crippen LogP contribution is 2.17. The minimum Gasteiger partial charge on any atom is -0.515 e. The van der Waals surface area contributed by atoms with Crippen LogP contribution in [0.5, 0.6) is 0 Å². The van der Waals surface area contributed by atoms with Crippen molar-refractivity contribution in [2.24, 2.45) is 5.73 Å². The van der Waals surface area contributed by atoms with Gasteiger partial charge in [-0.05, 0) is 12.8 Å². The maximum absolute atomic E-state index is 10.9. The third kappa shape index (κ3) is 1.19. The second kappa shape index (κ2) is 2.84. The van der Waals surface area contributed by atoms with E-state index in [1.54, 1.807) is 0 Å². The Bertz CT molecular complexity index is 174. The van der Waals surface area contributed by atoms with Crippen LogP contribution in [0.1, 0.15) is 19.3 Å². The summed E-state index contributed by atoms with van der Waals surface area (Å²) >= 11 is 0. The summed E-state index contributed by atoms with van der Waals surface area (Å²) in [6.07, 6.45) is 3.02. The third-order valence-electron chi connectivity index (χ3n) is 1.78. The van der Waals surface area contributed by atoms with Crippen LogP contribution in [-0.2, 0) is 4.79 Å². The number of aliphatic hydroxyl groups excluding tert-OH is 1. The lowest BCUT2D eigenvalue weighted by Gasteiger charge is -2.18. The van der Waals surface area contributed by atoms with Crippen molar-refractivity contribution in [2.75, 3.05) is 0 Å². The molecule has 1 unspecified atom stereocenters. The van der Waals surface area contributed by atoms with Crippen molar-refractivity contribution >= 4 is 5.78 Å². The van der Waals surface area contributed by atoms with E-state index < -0.39 is 0 Å². The normalized spacial score (nSPS) is 31.1. The fourth-order valence-corrected chi connectivity index (χ4v) is 1.16. The summed E-state index contributed by atoms with van der Waals surface area (Å²) < 4.78 is 0. The minimum absolute atomic E-state index is 0.0127. The Kier molecular flexibility index (Phi) is 2.06. The molecule has 0 radical (unpaired) electrons. The zero-order chi connectivity index (χ0) is 7.56. The highest BCUT2D eigenvalue weighted by molar-refractivity contribution is 5.96. The highest BCUT2D eigenvalue weighted by atomic mass is 16.2. The van der Waals surface area contributed by atoms with E-state index in [1.807, 2.05) is 0 Å². The molecule has 0 aromatic carbocycles. The van der Waals surface area contributed by atoms with E-state index in [9.17, 15) is 4.79 Å². The quantitative estimate of drug-likeness (QED) is 0.381. The van der Waals surface area contributed by atoms with Crippen LogP contribution in [0.15, 0.2) is 11.8 Å². The van der Waals surface area contributed by atoms with Crippen LogP contribution in [0, 0.1) is 0 Å². The van der Waals surface area contributed by atoms with Gasteiger partial charge in [-0.2, -0.15) is 0 Å². The lowest BCUT2D eigenvalue weighted by atomic mass is 9.90. The first-order valence-electron chi connectivity index (χ1n) is 3.38. The van der Waals surface area contributed by atoms with Crippen LogP contribution >= 0.6 is 0 Å². The summed E-state index contributed by atoms with van der Waals surface area (Å²) in [5.74, 6) is -0.0127. The van der Waals surface area contributed by atoms with Crippen molar-refractivity contribution in [2.45, 2.75) is 25.3 Å². The monoisotopic (exact) mass is 141 g/mol. The van der Waals surface area contributed by atoms with Gasteiger partial charge in [0.1, 0.15) is 0 Å². The van der Waals surface area contributed by atoms with E-state index in [0.29, 0.717) is 12.0 Å². The van der Waals surface area contributed by atoms with Crippen molar-refractivity contribution in [3.05, 3.63) is 11.8 Å². The number of ketones is 1. The molecule has 56 valence electrons. The van der Waals surface area contributed by atoms with Gasteiger partial charge >= 0.3 is 0 Å². The molecule has 1 rings (SSSR count). The predicted octanol–water partition coefficient (Wildman–Crippen LogP) is 0.509. The number of hydrogen-bond acceptors (Lipinski definition) is 3. The topological polar surface area (TPSA) is 63.3 Å². The van der Waals surface area contributed by atoms with Gasteiger partial charge in [0.05, 0.1) is 6.26 Å². The van der Waals surface area contributed by atoms with Crippen LogP contribution in [0.4, 0.5) is 0 Å². The molecule has 0 aromatic heterocycles. The molecule has 0 heterocycles. The number of aliphatic hydroxyl groups is 1. The SMILES string of the molecule is NC1CCCC(=O)C1=CO. The fourth-order valence-electron chi connectivity index (χ4n) is 1.16. The van der Waals surface area contributed by atoms with Gasteiger partial charge in [0.15, 0.2) is 5.78 Å². The molecule has 0 bridgehead atoms. The van der Waals surface area contributed by atoms with Crippen LogP contribution in [-0.4, -0.2) is 16.9 Å². The molecule has 1 fully saturated rings. The van der Waals surface area contributed by atoms with E-state index in [0.717, 1.165) is 19.1 Å². The maximum atomic E-state index is 10.9. The average Bonchev–Trinajstić information content (AvgIpc) is 1.88. The summed E-state index contributed by atoms with van der Waals surface area (Å²) in [6.45, 7) is 0. The molecule has 0 amide bonds. The summed E-state index contributed by atoms with van der Waals surface area (Å²) in [5.41, 5.74) is 5.91. The zero-order valence-electron chi connectivity index (χ0n) is 5.71. The van der Waals surface area contributed by atoms with Crippen molar-refractivity contribution in [1.82, 2.24) is 0 Å². The van der Waals surface area contributed by atoms with Gasteiger partial charge in [0.25, 0.3) is 0 Å². The summed E-state index contributed by atoms with van der Waals surface area (Å²) in [5, 5.41) is 8.57. The number of nitrogens with two attached hydrogens (primary N) is 1. The minimum atomic E-state index is -0.244. The Balaban J connectivity index is 2.73. The maximum Gasteiger partial charge on any atom is 0.163 e. The second-order valence-electron chi connectivity index (χ2n) is 2.51. The van der Waals surface area contributed by atoms with E-state index in [2.05, 4.69) is 0 Å². The molecule has 3 N–H and O–H groups in total. The standard InChI is InChI=1S/C7H11NO2/c8-6-2-1-3-7(10)5(6)4-9/h4,6,9H,1-3,8H2. The lowest BCUT2D eigenvalue weighted by Crippen LogP contribution is -2.31. The van der Waals surface area contributed by atoms with Crippen molar-refractivity contribution in [3.63, 3.8) is 0 Å². The largest absolute Gasteiger partial charge is 0.515 e. The molecule has 10 heavy (non-hydrogen) atoms. The van der Waals surface area contributed by atoms with Gasteiger partial charge in [0.2, 0.25) is 0 Å². The first-order valence-corrected chi connectivity index (χ1v) is 3.38. The molecule has 0 spiro atoms. The van der Waals surface area contributed by atoms with Gasteiger partial charge in [-0.15, -0.1) is 0 Å². The number of hydrogen-bond donors (Lipinski definition) is 2. The number of carbonyl (C=O) groups excluding carboxylic acids is 1. The molecule has 1 aliphatic carbocycles. The number of rotatable bonds is 0. The van der Waals surface area contributed by atoms with Crippen molar-refractivity contribution < 1.29 is 9.90 Å². The second-order valence-corrected chi connectivity index (χ2v) is 2.51. The molecular weight excluding hydrogens is 130 g/mol. The van der Waals surface area contributed by atoms with E-state index in [4.69, 9.17) is 10.8 Å². The van der Waals surface area contributed by atoms with Crippen LogP contribution in [0.3, 0.4) is 0 Å². The predicted molar refractivity (Wildman–Crippen MR) is 37.5 cm³/mol. The van der Waals surface area contributed by atoms with Crippen LogP contribution in [0.25, 0.3) is 0 Å². The van der Waals surface area contributed by atoms with E-state index >= 15 is 0 Å². The van der Waals surface area contributed by atoms with Crippen molar-refractivity contribution in [3.8, 4) is 0 Å². The highest BCUT2D eigenvalue weighted by Gasteiger charge is 2.22. The Morgan fingerprint density at radius 3 is 2.80 bits per heavy atom. The van der Waals surface area contributed by atoms with Crippen LogP contribution < -0.4 is 5.73 Å². The molecule has 0 saturated heterocycles. The van der Waals surface area contributed by atoms with Gasteiger partial charge in [-0.25, -0.2) is 0 Å². The molecule has 1 aliphatic rings. The number of Topliss-reactive ketones (excluding diaryl/α,β-unsaturated/α-hetero) is 1. The Morgan fingerprint density at radius 1 is 1.70 bits per heavy atom. The average molecular weight is 141 g/mol. The van der Waals surface area contributed by atoms with Crippen molar-refractivity contribution in [1.29, 1.82) is 0 Å².